The zero-order valence-electron chi connectivity index (χ0n) is 15.4. The largest absolute Gasteiger partial charge is 0.491 e. The molecule has 26 heavy (non-hydrogen) atoms. The SMILES string of the molecule is Cc1cccc(OCC(O)CN2CCOC(Cn3cc(C)cn3)C2)c1.Cl. The lowest BCUT2D eigenvalue weighted by atomic mass is 10.2. The summed E-state index contributed by atoms with van der Waals surface area (Å²) in [6, 6.07) is 7.87. The van der Waals surface area contributed by atoms with Gasteiger partial charge in [0.25, 0.3) is 0 Å². The van der Waals surface area contributed by atoms with Crippen molar-refractivity contribution in [2.24, 2.45) is 0 Å². The molecule has 0 amide bonds. The van der Waals surface area contributed by atoms with E-state index in [1.54, 1.807) is 0 Å². The number of hydrogen-bond acceptors (Lipinski definition) is 5. The Morgan fingerprint density at radius 2 is 2.19 bits per heavy atom. The monoisotopic (exact) mass is 381 g/mol. The molecule has 7 heteroatoms. The molecule has 0 aliphatic carbocycles. The fraction of sp³-hybridized carbons (Fsp3) is 0.526. The Bertz CT molecular complexity index is 680. The summed E-state index contributed by atoms with van der Waals surface area (Å²) >= 11 is 0. The van der Waals surface area contributed by atoms with Gasteiger partial charge in [-0.25, -0.2) is 0 Å². The third-order valence-electron chi connectivity index (χ3n) is 4.28. The van der Waals surface area contributed by atoms with Crippen molar-refractivity contribution in [1.82, 2.24) is 14.7 Å². The number of rotatable bonds is 7. The molecule has 0 saturated carbocycles. The second kappa shape index (κ2) is 9.92. The number of aromatic nitrogens is 2. The molecule has 1 aromatic heterocycles. The van der Waals surface area contributed by atoms with E-state index < -0.39 is 6.10 Å². The lowest BCUT2D eigenvalue weighted by Gasteiger charge is -2.34. The van der Waals surface area contributed by atoms with Crippen molar-refractivity contribution < 1.29 is 14.6 Å². The number of nitrogens with zero attached hydrogens (tertiary/aromatic N) is 3. The maximum absolute atomic E-state index is 10.3. The molecular formula is C19H28ClN3O3. The highest BCUT2D eigenvalue weighted by Gasteiger charge is 2.23. The molecule has 2 atom stereocenters. The third-order valence-corrected chi connectivity index (χ3v) is 4.28. The van der Waals surface area contributed by atoms with Gasteiger partial charge in [-0.1, -0.05) is 12.1 Å². The first-order valence-electron chi connectivity index (χ1n) is 8.79. The van der Waals surface area contributed by atoms with Crippen LogP contribution in [0.5, 0.6) is 5.75 Å². The van der Waals surface area contributed by atoms with Gasteiger partial charge >= 0.3 is 0 Å². The molecule has 1 saturated heterocycles. The average Bonchev–Trinajstić information content (AvgIpc) is 2.98. The Kier molecular flexibility index (Phi) is 7.90. The van der Waals surface area contributed by atoms with Crippen molar-refractivity contribution >= 4 is 12.4 Å². The zero-order chi connectivity index (χ0) is 17.6. The van der Waals surface area contributed by atoms with Crippen LogP contribution in [0, 0.1) is 13.8 Å². The van der Waals surface area contributed by atoms with Crippen LogP contribution in [0.1, 0.15) is 11.1 Å². The molecule has 2 unspecified atom stereocenters. The number of ether oxygens (including phenoxy) is 2. The summed E-state index contributed by atoms with van der Waals surface area (Å²) in [7, 11) is 0. The van der Waals surface area contributed by atoms with E-state index in [0.29, 0.717) is 19.8 Å². The van der Waals surface area contributed by atoms with Crippen LogP contribution in [-0.4, -0.2) is 64.8 Å². The predicted molar refractivity (Wildman–Crippen MR) is 103 cm³/mol. The molecule has 1 aliphatic heterocycles. The molecule has 1 aromatic carbocycles. The molecule has 0 spiro atoms. The Hall–Kier alpha value is -1.60. The minimum Gasteiger partial charge on any atom is -0.491 e. The second-order valence-electron chi connectivity index (χ2n) is 6.77. The number of aliphatic hydroxyl groups excluding tert-OH is 1. The Balaban J connectivity index is 0.00000243. The van der Waals surface area contributed by atoms with Gasteiger partial charge < -0.3 is 14.6 Å². The van der Waals surface area contributed by atoms with Crippen molar-refractivity contribution in [3.63, 3.8) is 0 Å². The number of β-amino-alcohol motifs (C(OH)–C–C–N with tert-alkyl or cyclic N) is 1. The Labute approximate surface area is 161 Å². The summed E-state index contributed by atoms with van der Waals surface area (Å²) < 4.78 is 13.4. The summed E-state index contributed by atoms with van der Waals surface area (Å²) in [6.45, 7) is 7.97. The van der Waals surface area contributed by atoms with Gasteiger partial charge in [-0.2, -0.15) is 5.10 Å². The average molecular weight is 382 g/mol. The van der Waals surface area contributed by atoms with Crippen LogP contribution in [0.3, 0.4) is 0 Å². The molecule has 2 heterocycles. The van der Waals surface area contributed by atoms with Gasteiger partial charge in [0, 0.05) is 25.8 Å². The van der Waals surface area contributed by atoms with Crippen LogP contribution in [0.4, 0.5) is 0 Å². The molecule has 0 bridgehead atoms. The van der Waals surface area contributed by atoms with E-state index in [9.17, 15) is 5.11 Å². The molecule has 2 aromatic rings. The number of hydrogen-bond donors (Lipinski definition) is 1. The van der Waals surface area contributed by atoms with Gasteiger partial charge in [-0.3, -0.25) is 9.58 Å². The van der Waals surface area contributed by atoms with Crippen LogP contribution in [0.15, 0.2) is 36.7 Å². The molecule has 0 radical (unpaired) electrons. The highest BCUT2D eigenvalue weighted by molar-refractivity contribution is 5.85. The van der Waals surface area contributed by atoms with E-state index in [1.807, 2.05) is 55.2 Å². The van der Waals surface area contributed by atoms with Crippen molar-refractivity contribution in [3.05, 3.63) is 47.8 Å². The van der Waals surface area contributed by atoms with Crippen LogP contribution in [-0.2, 0) is 11.3 Å². The smallest absolute Gasteiger partial charge is 0.119 e. The maximum Gasteiger partial charge on any atom is 0.119 e. The number of aliphatic hydroxyl groups is 1. The fourth-order valence-electron chi connectivity index (χ4n) is 3.08. The van der Waals surface area contributed by atoms with E-state index in [2.05, 4.69) is 10.00 Å². The maximum atomic E-state index is 10.3. The number of morpholine rings is 1. The van der Waals surface area contributed by atoms with Gasteiger partial charge in [-0.15, -0.1) is 12.4 Å². The molecule has 1 N–H and O–H groups in total. The quantitative estimate of drug-likeness (QED) is 0.795. The molecule has 1 aliphatic rings. The summed E-state index contributed by atoms with van der Waals surface area (Å²) in [6.07, 6.45) is 3.45. The minimum absolute atomic E-state index is 0. The standard InChI is InChI=1S/C19H27N3O3.ClH/c1-15-4-3-5-18(8-15)25-14-17(23)11-21-6-7-24-19(12-21)13-22-10-16(2)9-20-22;/h3-5,8-10,17,19,23H,6-7,11-14H2,1-2H3;1H. The van der Waals surface area contributed by atoms with Crippen LogP contribution in [0.2, 0.25) is 0 Å². The molecular weight excluding hydrogens is 354 g/mol. The second-order valence-corrected chi connectivity index (χ2v) is 6.77. The zero-order valence-corrected chi connectivity index (χ0v) is 16.2. The predicted octanol–water partition coefficient (Wildman–Crippen LogP) is 2.06. The van der Waals surface area contributed by atoms with Crippen molar-refractivity contribution in [2.45, 2.75) is 32.6 Å². The van der Waals surface area contributed by atoms with Crippen LogP contribution < -0.4 is 4.74 Å². The highest BCUT2D eigenvalue weighted by Crippen LogP contribution is 2.13. The van der Waals surface area contributed by atoms with Crippen molar-refractivity contribution in [1.29, 1.82) is 0 Å². The lowest BCUT2D eigenvalue weighted by Crippen LogP contribution is -2.47. The van der Waals surface area contributed by atoms with E-state index >= 15 is 0 Å². The van der Waals surface area contributed by atoms with E-state index in [-0.39, 0.29) is 18.5 Å². The summed E-state index contributed by atoms with van der Waals surface area (Å²) in [4.78, 5) is 2.23. The summed E-state index contributed by atoms with van der Waals surface area (Å²) in [5.74, 6) is 0.799. The first-order valence-corrected chi connectivity index (χ1v) is 8.79. The molecule has 144 valence electrons. The van der Waals surface area contributed by atoms with Crippen molar-refractivity contribution in [2.75, 3.05) is 32.8 Å². The minimum atomic E-state index is -0.522. The van der Waals surface area contributed by atoms with E-state index in [0.717, 1.165) is 36.5 Å². The number of benzene rings is 1. The van der Waals surface area contributed by atoms with Gasteiger partial charge in [0.1, 0.15) is 18.5 Å². The Morgan fingerprint density at radius 1 is 1.35 bits per heavy atom. The lowest BCUT2D eigenvalue weighted by molar-refractivity contribution is -0.0517. The Morgan fingerprint density at radius 3 is 2.92 bits per heavy atom. The molecule has 3 rings (SSSR count). The molecule has 6 nitrogen and oxygen atoms in total. The van der Waals surface area contributed by atoms with Crippen molar-refractivity contribution in [3.8, 4) is 5.75 Å². The van der Waals surface area contributed by atoms with Gasteiger partial charge in [-0.05, 0) is 37.1 Å². The normalized spacial score (nSPS) is 19.0. The summed E-state index contributed by atoms with van der Waals surface area (Å²) in [5, 5.41) is 14.6. The number of aryl methyl sites for hydroxylation is 2. The van der Waals surface area contributed by atoms with Crippen LogP contribution in [0.25, 0.3) is 0 Å². The van der Waals surface area contributed by atoms with Gasteiger partial charge in [0.05, 0.1) is 25.5 Å². The van der Waals surface area contributed by atoms with E-state index in [1.165, 1.54) is 0 Å². The van der Waals surface area contributed by atoms with Gasteiger partial charge in [0.15, 0.2) is 0 Å². The van der Waals surface area contributed by atoms with E-state index in [4.69, 9.17) is 9.47 Å². The molecule has 1 fully saturated rings. The summed E-state index contributed by atoms with van der Waals surface area (Å²) in [5.41, 5.74) is 2.30. The highest BCUT2D eigenvalue weighted by atomic mass is 35.5. The first-order chi connectivity index (χ1) is 12.1. The third kappa shape index (κ3) is 6.29. The van der Waals surface area contributed by atoms with Gasteiger partial charge in [0.2, 0.25) is 0 Å². The first kappa shape index (κ1) is 20.7. The topological polar surface area (TPSA) is 59.8 Å². The fourth-order valence-corrected chi connectivity index (χ4v) is 3.08. The van der Waals surface area contributed by atoms with Crippen LogP contribution >= 0.6 is 12.4 Å². The number of halogens is 1.